The monoisotopic (exact) mass is 434 g/mol. The van der Waals surface area contributed by atoms with Crippen LogP contribution >= 0.6 is 0 Å². The number of rotatable bonds is 8. The van der Waals surface area contributed by atoms with Gasteiger partial charge < -0.3 is 14.5 Å². The summed E-state index contributed by atoms with van der Waals surface area (Å²) in [6.07, 6.45) is 3.25. The van der Waals surface area contributed by atoms with Crippen LogP contribution in [0.1, 0.15) is 41.1 Å². The number of carbonyl (C=O) groups excluding carboxylic acids is 1. The van der Waals surface area contributed by atoms with E-state index in [0.29, 0.717) is 25.4 Å². The van der Waals surface area contributed by atoms with Gasteiger partial charge in [0.15, 0.2) is 0 Å². The van der Waals surface area contributed by atoms with Gasteiger partial charge in [-0.25, -0.2) is 4.98 Å². The van der Waals surface area contributed by atoms with Crippen molar-refractivity contribution < 1.29 is 13.9 Å². The molecule has 1 amide bonds. The Balaban J connectivity index is 1.57. The molecule has 0 spiro atoms. The third-order valence-corrected chi connectivity index (χ3v) is 5.91. The lowest BCUT2D eigenvalue weighted by atomic mass is 10.0. The number of nitrogens with zero attached hydrogens (tertiary/aromatic N) is 3. The average molecular weight is 435 g/mol. The maximum absolute atomic E-state index is 11.7. The molecule has 0 saturated carbocycles. The Labute approximate surface area is 188 Å². The highest BCUT2D eigenvalue weighted by molar-refractivity contribution is 5.78. The molecule has 32 heavy (non-hydrogen) atoms. The number of aromatic nitrogens is 2. The number of carbonyl (C=O) groups is 1. The van der Waals surface area contributed by atoms with Gasteiger partial charge in [-0.05, 0) is 62.6 Å². The van der Waals surface area contributed by atoms with E-state index in [0.717, 1.165) is 52.6 Å². The highest BCUT2D eigenvalue weighted by Gasteiger charge is 2.25. The van der Waals surface area contributed by atoms with Crippen LogP contribution in [0.5, 0.6) is 5.75 Å². The zero-order valence-electron chi connectivity index (χ0n) is 19.1. The van der Waals surface area contributed by atoms with E-state index in [9.17, 15) is 4.79 Å². The highest BCUT2D eigenvalue weighted by Crippen LogP contribution is 2.31. The molecule has 2 aromatic heterocycles. The van der Waals surface area contributed by atoms with Crippen LogP contribution in [0, 0.1) is 20.8 Å². The van der Waals surface area contributed by atoms with Crippen molar-refractivity contribution >= 4 is 5.91 Å². The van der Waals surface area contributed by atoms with E-state index >= 15 is 0 Å². The van der Waals surface area contributed by atoms with E-state index < -0.39 is 0 Å². The minimum Gasteiger partial charge on any atom is -0.496 e. The molecule has 3 aromatic rings. The van der Waals surface area contributed by atoms with Crippen molar-refractivity contribution in [1.29, 1.82) is 0 Å². The number of oxazole rings is 1. The van der Waals surface area contributed by atoms with Crippen molar-refractivity contribution in [3.8, 4) is 17.2 Å². The molecule has 1 aliphatic heterocycles. The molecular formula is C25H30N4O3. The van der Waals surface area contributed by atoms with E-state index in [4.69, 9.17) is 14.1 Å². The van der Waals surface area contributed by atoms with Crippen LogP contribution < -0.4 is 10.1 Å². The molecule has 1 aliphatic rings. The molecule has 0 unspecified atom stereocenters. The number of amides is 1. The summed E-state index contributed by atoms with van der Waals surface area (Å²) in [6.45, 7) is 8.04. The summed E-state index contributed by atoms with van der Waals surface area (Å²) in [4.78, 5) is 23.3. The van der Waals surface area contributed by atoms with Gasteiger partial charge in [0, 0.05) is 43.9 Å². The number of aryl methyl sites for hydroxylation is 3. The van der Waals surface area contributed by atoms with Gasteiger partial charge >= 0.3 is 0 Å². The Morgan fingerprint density at radius 2 is 2.03 bits per heavy atom. The Bertz CT molecular complexity index is 1090. The predicted octanol–water partition coefficient (Wildman–Crippen LogP) is 3.95. The van der Waals surface area contributed by atoms with Crippen molar-refractivity contribution in [3.05, 3.63) is 64.8 Å². The second kappa shape index (κ2) is 9.53. The molecule has 4 rings (SSSR count). The van der Waals surface area contributed by atoms with Crippen LogP contribution in [-0.2, 0) is 17.9 Å². The summed E-state index contributed by atoms with van der Waals surface area (Å²) in [5.41, 5.74) is 4.95. The average Bonchev–Trinajstić information content (AvgIpc) is 3.35. The van der Waals surface area contributed by atoms with Gasteiger partial charge in [-0.15, -0.1) is 0 Å². The summed E-state index contributed by atoms with van der Waals surface area (Å²) in [5, 5.41) is 3.07. The maximum Gasteiger partial charge on any atom is 0.226 e. The second-order valence-corrected chi connectivity index (χ2v) is 8.45. The molecular weight excluding hydrogens is 404 g/mol. The van der Waals surface area contributed by atoms with Crippen LogP contribution in [0.3, 0.4) is 0 Å². The SMILES string of the molecule is COc1cc(C)c(-c2nc(CN(Cc3ccccn3)C[C@@H]3CCC(=O)N3)c(C)o2)cc1C. The van der Waals surface area contributed by atoms with Gasteiger partial charge in [-0.3, -0.25) is 14.7 Å². The van der Waals surface area contributed by atoms with Crippen molar-refractivity contribution in [2.24, 2.45) is 0 Å². The minimum absolute atomic E-state index is 0.123. The van der Waals surface area contributed by atoms with E-state index in [1.54, 1.807) is 13.3 Å². The molecule has 0 radical (unpaired) electrons. The van der Waals surface area contributed by atoms with Crippen LogP contribution in [0.15, 0.2) is 40.9 Å². The highest BCUT2D eigenvalue weighted by atomic mass is 16.5. The number of hydrogen-bond donors (Lipinski definition) is 1. The van der Waals surface area contributed by atoms with Crippen LogP contribution in [0.2, 0.25) is 0 Å². The first-order valence-electron chi connectivity index (χ1n) is 11.0. The lowest BCUT2D eigenvalue weighted by Crippen LogP contribution is -2.38. The van der Waals surface area contributed by atoms with Gasteiger partial charge in [-0.2, -0.15) is 0 Å². The van der Waals surface area contributed by atoms with Gasteiger partial charge in [0.2, 0.25) is 11.8 Å². The van der Waals surface area contributed by atoms with Crippen LogP contribution in [0.25, 0.3) is 11.5 Å². The minimum atomic E-state index is 0.123. The topological polar surface area (TPSA) is 80.5 Å². The summed E-state index contributed by atoms with van der Waals surface area (Å²) in [5.74, 6) is 2.40. The molecule has 1 fully saturated rings. The first-order valence-corrected chi connectivity index (χ1v) is 11.0. The fraction of sp³-hybridized carbons (Fsp3) is 0.400. The summed E-state index contributed by atoms with van der Waals surface area (Å²) in [6, 6.07) is 10.1. The van der Waals surface area contributed by atoms with E-state index in [1.807, 2.05) is 45.0 Å². The van der Waals surface area contributed by atoms with Crippen molar-refractivity contribution in [1.82, 2.24) is 20.2 Å². The Morgan fingerprint density at radius 1 is 1.19 bits per heavy atom. The molecule has 1 N–H and O–H groups in total. The molecule has 0 bridgehead atoms. The van der Waals surface area contributed by atoms with Gasteiger partial charge in [0.05, 0.1) is 18.5 Å². The quantitative estimate of drug-likeness (QED) is 0.578. The zero-order chi connectivity index (χ0) is 22.7. The lowest BCUT2D eigenvalue weighted by Gasteiger charge is -2.24. The van der Waals surface area contributed by atoms with E-state index in [-0.39, 0.29) is 11.9 Å². The fourth-order valence-electron chi connectivity index (χ4n) is 4.17. The zero-order valence-corrected chi connectivity index (χ0v) is 19.1. The molecule has 168 valence electrons. The number of nitrogens with one attached hydrogen (secondary N) is 1. The third-order valence-electron chi connectivity index (χ3n) is 5.91. The second-order valence-electron chi connectivity index (χ2n) is 8.45. The lowest BCUT2D eigenvalue weighted by molar-refractivity contribution is -0.119. The molecule has 7 heteroatoms. The van der Waals surface area contributed by atoms with Crippen molar-refractivity contribution in [2.45, 2.75) is 52.7 Å². The van der Waals surface area contributed by atoms with Gasteiger partial charge in [0.1, 0.15) is 11.5 Å². The smallest absolute Gasteiger partial charge is 0.226 e. The summed E-state index contributed by atoms with van der Waals surface area (Å²) < 4.78 is 11.5. The number of benzene rings is 1. The first kappa shape index (κ1) is 22.0. The Kier molecular flexibility index (Phi) is 6.55. The van der Waals surface area contributed by atoms with Crippen LogP contribution in [0.4, 0.5) is 0 Å². The summed E-state index contributed by atoms with van der Waals surface area (Å²) in [7, 11) is 1.68. The molecule has 7 nitrogen and oxygen atoms in total. The number of hydrogen-bond acceptors (Lipinski definition) is 6. The summed E-state index contributed by atoms with van der Waals surface area (Å²) >= 11 is 0. The molecule has 1 aromatic carbocycles. The largest absolute Gasteiger partial charge is 0.496 e. The maximum atomic E-state index is 11.7. The van der Waals surface area contributed by atoms with Crippen molar-refractivity contribution in [3.63, 3.8) is 0 Å². The first-order chi connectivity index (χ1) is 15.4. The van der Waals surface area contributed by atoms with Gasteiger partial charge in [-0.1, -0.05) is 6.07 Å². The van der Waals surface area contributed by atoms with Gasteiger partial charge in [0.25, 0.3) is 0 Å². The molecule has 0 aliphatic carbocycles. The van der Waals surface area contributed by atoms with E-state index in [2.05, 4.69) is 21.3 Å². The van der Waals surface area contributed by atoms with E-state index in [1.165, 1.54) is 0 Å². The normalized spacial score (nSPS) is 15.9. The fourth-order valence-corrected chi connectivity index (χ4v) is 4.17. The molecule has 1 atom stereocenters. The Morgan fingerprint density at radius 3 is 2.72 bits per heavy atom. The standard InChI is InChI=1S/C25H30N4O3/c1-16-12-23(31-4)17(2)11-21(16)25-28-22(18(3)32-25)15-29(13-19-7-5-6-10-26-19)14-20-8-9-24(30)27-20/h5-7,10-12,20H,8-9,13-15H2,1-4H3,(H,27,30)/t20-/m0/s1. The number of ether oxygens (including phenoxy) is 1. The van der Waals surface area contributed by atoms with Crippen molar-refractivity contribution in [2.75, 3.05) is 13.7 Å². The number of pyridine rings is 1. The predicted molar refractivity (Wildman–Crippen MR) is 122 cm³/mol. The molecule has 1 saturated heterocycles. The molecule has 3 heterocycles. The van der Waals surface area contributed by atoms with Crippen LogP contribution in [-0.4, -0.2) is 40.5 Å². The third kappa shape index (κ3) is 4.99. The number of methoxy groups -OCH3 is 1. The Hall–Kier alpha value is -3.19.